The van der Waals surface area contributed by atoms with Crippen LogP contribution in [0.4, 0.5) is 0 Å². The van der Waals surface area contributed by atoms with Gasteiger partial charge in [-0.1, -0.05) is 25.5 Å². The van der Waals surface area contributed by atoms with Crippen LogP contribution in [0.5, 0.6) is 11.6 Å². The molecule has 0 N–H and O–H groups in total. The van der Waals surface area contributed by atoms with Gasteiger partial charge in [0.1, 0.15) is 5.75 Å². The van der Waals surface area contributed by atoms with Gasteiger partial charge in [0.15, 0.2) is 0 Å². The third-order valence-corrected chi connectivity index (χ3v) is 3.03. The molecular formula is C15H17ClN2O. The molecule has 0 aliphatic heterocycles. The fourth-order valence-corrected chi connectivity index (χ4v) is 1.85. The molecule has 0 fully saturated rings. The number of aryl methyl sites for hydroxylation is 2. The summed E-state index contributed by atoms with van der Waals surface area (Å²) in [6, 6.07) is 8.09. The van der Waals surface area contributed by atoms with Crippen molar-refractivity contribution in [1.29, 1.82) is 0 Å². The molecule has 19 heavy (non-hydrogen) atoms. The third kappa shape index (κ3) is 3.93. The standard InChI is InChI=1S/C15H17ClN2O/c1-3-4-5-12-6-8-13(9-7-12)19-14-11(2)10-17-15(16)18-14/h6-10H,3-5H2,1-2H3. The van der Waals surface area contributed by atoms with E-state index >= 15 is 0 Å². The Morgan fingerprint density at radius 1 is 1.21 bits per heavy atom. The number of ether oxygens (including phenoxy) is 1. The van der Waals surface area contributed by atoms with Gasteiger partial charge in [-0.2, -0.15) is 4.98 Å². The van der Waals surface area contributed by atoms with Crippen LogP contribution in [0.25, 0.3) is 0 Å². The molecule has 0 bridgehead atoms. The predicted octanol–water partition coefficient (Wildman–Crippen LogP) is 4.57. The molecule has 1 aromatic carbocycles. The summed E-state index contributed by atoms with van der Waals surface area (Å²) < 4.78 is 5.71. The molecule has 0 unspecified atom stereocenters. The fraction of sp³-hybridized carbons (Fsp3) is 0.333. The minimum atomic E-state index is 0.195. The lowest BCUT2D eigenvalue weighted by Crippen LogP contribution is -1.94. The highest BCUT2D eigenvalue weighted by Gasteiger charge is 2.05. The molecule has 3 nitrogen and oxygen atoms in total. The molecule has 0 saturated carbocycles. The predicted molar refractivity (Wildman–Crippen MR) is 76.9 cm³/mol. The van der Waals surface area contributed by atoms with Crippen molar-refractivity contribution in [1.82, 2.24) is 9.97 Å². The Bertz CT molecular complexity index is 540. The molecule has 0 saturated heterocycles. The van der Waals surface area contributed by atoms with Gasteiger partial charge in [-0.05, 0) is 49.1 Å². The highest BCUT2D eigenvalue weighted by atomic mass is 35.5. The molecule has 2 aromatic rings. The fourth-order valence-electron chi connectivity index (χ4n) is 1.73. The van der Waals surface area contributed by atoms with E-state index in [2.05, 4.69) is 29.0 Å². The molecular weight excluding hydrogens is 260 g/mol. The first-order valence-electron chi connectivity index (χ1n) is 6.45. The number of hydrogen-bond donors (Lipinski definition) is 0. The second-order valence-electron chi connectivity index (χ2n) is 4.48. The van der Waals surface area contributed by atoms with E-state index in [0.29, 0.717) is 5.88 Å². The quantitative estimate of drug-likeness (QED) is 0.750. The molecule has 0 atom stereocenters. The molecule has 0 amide bonds. The van der Waals surface area contributed by atoms with Crippen LogP contribution in [0.3, 0.4) is 0 Å². The molecule has 100 valence electrons. The van der Waals surface area contributed by atoms with Gasteiger partial charge in [0.2, 0.25) is 11.2 Å². The van der Waals surface area contributed by atoms with Gasteiger partial charge in [-0.25, -0.2) is 4.98 Å². The number of rotatable bonds is 5. The van der Waals surface area contributed by atoms with Gasteiger partial charge in [-0.15, -0.1) is 0 Å². The molecule has 0 aliphatic rings. The Hall–Kier alpha value is -1.61. The van der Waals surface area contributed by atoms with Crippen molar-refractivity contribution in [2.45, 2.75) is 33.1 Å². The van der Waals surface area contributed by atoms with Crippen molar-refractivity contribution in [3.63, 3.8) is 0 Å². The summed E-state index contributed by atoms with van der Waals surface area (Å²) in [5.74, 6) is 1.26. The molecule has 0 aliphatic carbocycles. The van der Waals surface area contributed by atoms with Crippen LogP contribution in [0.1, 0.15) is 30.9 Å². The van der Waals surface area contributed by atoms with Gasteiger partial charge in [0, 0.05) is 11.8 Å². The summed E-state index contributed by atoms with van der Waals surface area (Å²) in [6.45, 7) is 4.08. The van der Waals surface area contributed by atoms with E-state index in [0.717, 1.165) is 17.7 Å². The summed E-state index contributed by atoms with van der Waals surface area (Å²) in [5.41, 5.74) is 2.19. The van der Waals surface area contributed by atoms with E-state index in [9.17, 15) is 0 Å². The van der Waals surface area contributed by atoms with E-state index in [1.807, 2.05) is 19.1 Å². The van der Waals surface area contributed by atoms with Crippen LogP contribution >= 0.6 is 11.6 Å². The van der Waals surface area contributed by atoms with Gasteiger partial charge >= 0.3 is 0 Å². The van der Waals surface area contributed by atoms with E-state index < -0.39 is 0 Å². The maximum absolute atomic E-state index is 5.76. The van der Waals surface area contributed by atoms with Crippen molar-refractivity contribution in [3.05, 3.63) is 46.9 Å². The number of benzene rings is 1. The van der Waals surface area contributed by atoms with Crippen molar-refractivity contribution in [3.8, 4) is 11.6 Å². The van der Waals surface area contributed by atoms with Crippen molar-refractivity contribution in [2.75, 3.05) is 0 Å². The van der Waals surface area contributed by atoms with Gasteiger partial charge in [-0.3, -0.25) is 0 Å². The maximum Gasteiger partial charge on any atom is 0.226 e. The summed E-state index contributed by atoms with van der Waals surface area (Å²) >= 11 is 5.76. The summed E-state index contributed by atoms with van der Waals surface area (Å²) in [7, 11) is 0. The molecule has 0 spiro atoms. The van der Waals surface area contributed by atoms with Crippen LogP contribution in [0.2, 0.25) is 5.28 Å². The molecule has 2 rings (SSSR count). The monoisotopic (exact) mass is 276 g/mol. The SMILES string of the molecule is CCCCc1ccc(Oc2nc(Cl)ncc2C)cc1. The zero-order valence-corrected chi connectivity index (χ0v) is 11.9. The number of nitrogens with zero attached hydrogens (tertiary/aromatic N) is 2. The van der Waals surface area contributed by atoms with E-state index in [1.54, 1.807) is 6.20 Å². The summed E-state index contributed by atoms with van der Waals surface area (Å²) in [6.07, 6.45) is 5.17. The number of halogens is 1. The molecule has 4 heteroatoms. The van der Waals surface area contributed by atoms with E-state index in [-0.39, 0.29) is 5.28 Å². The Morgan fingerprint density at radius 2 is 1.95 bits per heavy atom. The molecule has 0 radical (unpaired) electrons. The third-order valence-electron chi connectivity index (χ3n) is 2.85. The first-order valence-corrected chi connectivity index (χ1v) is 6.82. The summed E-state index contributed by atoms with van der Waals surface area (Å²) in [4.78, 5) is 7.98. The van der Waals surface area contributed by atoms with Crippen LogP contribution in [-0.2, 0) is 6.42 Å². The highest BCUT2D eigenvalue weighted by molar-refractivity contribution is 6.28. The van der Waals surface area contributed by atoms with Gasteiger partial charge in [0.05, 0.1) is 0 Å². The van der Waals surface area contributed by atoms with Crippen LogP contribution in [0.15, 0.2) is 30.5 Å². The zero-order chi connectivity index (χ0) is 13.7. The first kappa shape index (κ1) is 13.8. The van der Waals surface area contributed by atoms with E-state index in [4.69, 9.17) is 16.3 Å². The largest absolute Gasteiger partial charge is 0.439 e. The molecule has 1 aromatic heterocycles. The highest BCUT2D eigenvalue weighted by Crippen LogP contribution is 2.23. The second kappa shape index (κ2) is 6.53. The maximum atomic E-state index is 5.76. The Kier molecular flexibility index (Phi) is 4.74. The lowest BCUT2D eigenvalue weighted by atomic mass is 10.1. The van der Waals surface area contributed by atoms with Crippen molar-refractivity contribution < 1.29 is 4.74 Å². The lowest BCUT2D eigenvalue weighted by molar-refractivity contribution is 0.457. The Morgan fingerprint density at radius 3 is 2.63 bits per heavy atom. The van der Waals surface area contributed by atoms with E-state index in [1.165, 1.54) is 18.4 Å². The van der Waals surface area contributed by atoms with Gasteiger partial charge < -0.3 is 4.74 Å². The number of hydrogen-bond acceptors (Lipinski definition) is 3. The van der Waals surface area contributed by atoms with Crippen LogP contribution in [0, 0.1) is 6.92 Å². The average molecular weight is 277 g/mol. The Balaban J connectivity index is 2.08. The van der Waals surface area contributed by atoms with Crippen LogP contribution in [-0.4, -0.2) is 9.97 Å². The number of unbranched alkanes of at least 4 members (excludes halogenated alkanes) is 1. The summed E-state index contributed by atoms with van der Waals surface area (Å²) in [5, 5.41) is 0.195. The van der Waals surface area contributed by atoms with Crippen molar-refractivity contribution in [2.24, 2.45) is 0 Å². The minimum Gasteiger partial charge on any atom is -0.439 e. The smallest absolute Gasteiger partial charge is 0.226 e. The number of aromatic nitrogens is 2. The Labute approximate surface area is 118 Å². The molecule has 1 heterocycles. The zero-order valence-electron chi connectivity index (χ0n) is 11.2. The average Bonchev–Trinajstić information content (AvgIpc) is 2.42. The van der Waals surface area contributed by atoms with Crippen LogP contribution < -0.4 is 4.74 Å². The first-order chi connectivity index (χ1) is 9.19. The minimum absolute atomic E-state index is 0.195. The lowest BCUT2D eigenvalue weighted by Gasteiger charge is -2.08. The van der Waals surface area contributed by atoms with Gasteiger partial charge in [0.25, 0.3) is 0 Å². The second-order valence-corrected chi connectivity index (χ2v) is 4.81. The topological polar surface area (TPSA) is 35.0 Å². The normalized spacial score (nSPS) is 10.5. The van der Waals surface area contributed by atoms with Crippen molar-refractivity contribution >= 4 is 11.6 Å².